The smallest absolute Gasteiger partial charge is 0.277 e. The Hall–Kier alpha value is -3.57. The highest BCUT2D eigenvalue weighted by molar-refractivity contribution is 6.30. The highest BCUT2D eigenvalue weighted by Crippen LogP contribution is 2.25. The zero-order chi connectivity index (χ0) is 22.5. The van der Waals surface area contributed by atoms with Gasteiger partial charge in [-0.25, -0.2) is 5.43 Å². The lowest BCUT2D eigenvalue weighted by Crippen LogP contribution is -2.24. The van der Waals surface area contributed by atoms with E-state index in [1.807, 2.05) is 37.3 Å². The monoisotopic (exact) mass is 445 g/mol. The maximum Gasteiger partial charge on any atom is 0.277 e. The number of para-hydroxylation sites is 1. The van der Waals surface area contributed by atoms with Crippen molar-refractivity contribution >= 4 is 34.6 Å². The van der Waals surface area contributed by atoms with E-state index in [0.29, 0.717) is 10.8 Å². The molecule has 0 saturated carbocycles. The van der Waals surface area contributed by atoms with Crippen LogP contribution in [-0.2, 0) is 11.3 Å². The van der Waals surface area contributed by atoms with Crippen molar-refractivity contribution in [3.63, 3.8) is 0 Å². The van der Waals surface area contributed by atoms with Gasteiger partial charge < -0.3 is 9.30 Å². The van der Waals surface area contributed by atoms with Gasteiger partial charge in [0.15, 0.2) is 6.61 Å². The molecule has 3 aromatic carbocycles. The van der Waals surface area contributed by atoms with E-state index < -0.39 is 0 Å². The summed E-state index contributed by atoms with van der Waals surface area (Å²) in [6.45, 7) is 4.58. The normalized spacial score (nSPS) is 11.2. The molecule has 0 aliphatic rings. The van der Waals surface area contributed by atoms with E-state index in [1.165, 1.54) is 5.56 Å². The molecule has 6 heteroatoms. The van der Waals surface area contributed by atoms with Gasteiger partial charge in [0.2, 0.25) is 0 Å². The molecule has 1 aromatic heterocycles. The van der Waals surface area contributed by atoms with E-state index >= 15 is 0 Å². The first-order valence-electron chi connectivity index (χ1n) is 10.4. The summed E-state index contributed by atoms with van der Waals surface area (Å²) in [6, 6.07) is 23.8. The zero-order valence-electron chi connectivity index (χ0n) is 18.0. The summed E-state index contributed by atoms with van der Waals surface area (Å²) >= 11 is 5.95. The summed E-state index contributed by atoms with van der Waals surface area (Å²) in [4.78, 5) is 12.2. The van der Waals surface area contributed by atoms with Crippen LogP contribution in [0, 0.1) is 13.8 Å². The van der Waals surface area contributed by atoms with Gasteiger partial charge in [0.05, 0.1) is 6.21 Å². The number of carbonyl (C=O) groups is 1. The van der Waals surface area contributed by atoms with Crippen molar-refractivity contribution in [2.45, 2.75) is 20.4 Å². The van der Waals surface area contributed by atoms with Gasteiger partial charge in [-0.15, -0.1) is 0 Å². The molecular weight excluding hydrogens is 422 g/mol. The summed E-state index contributed by atoms with van der Waals surface area (Å²) in [6.07, 6.45) is 1.70. The number of aromatic nitrogens is 1. The van der Waals surface area contributed by atoms with Crippen molar-refractivity contribution in [1.82, 2.24) is 9.99 Å². The first-order chi connectivity index (χ1) is 15.5. The molecular formula is C26H24ClN3O2. The first kappa shape index (κ1) is 21.7. The van der Waals surface area contributed by atoms with Crippen LogP contribution in [-0.4, -0.2) is 23.3 Å². The van der Waals surface area contributed by atoms with Crippen molar-refractivity contribution in [2.75, 3.05) is 6.61 Å². The van der Waals surface area contributed by atoms with Gasteiger partial charge in [0.1, 0.15) is 5.75 Å². The van der Waals surface area contributed by atoms with E-state index in [-0.39, 0.29) is 12.5 Å². The van der Waals surface area contributed by atoms with Crippen LogP contribution >= 0.6 is 11.6 Å². The first-order valence-corrected chi connectivity index (χ1v) is 10.7. The molecule has 0 radical (unpaired) electrons. The standard InChI is InChI=1S/C26H24ClN3O2/c1-18-14-21(27)12-13-25(18)32-17-26(31)29-28-15-23-19(2)30(16-20-8-4-3-5-9-20)24-11-7-6-10-22(23)24/h3-15H,16-17H2,1-2H3,(H,29,31). The molecule has 162 valence electrons. The molecule has 0 spiro atoms. The number of rotatable bonds is 7. The Balaban J connectivity index is 1.47. The predicted octanol–water partition coefficient (Wildman–Crippen LogP) is 5.49. The fourth-order valence-corrected chi connectivity index (χ4v) is 3.94. The van der Waals surface area contributed by atoms with Crippen LogP contribution in [0.5, 0.6) is 5.75 Å². The third-order valence-corrected chi connectivity index (χ3v) is 5.58. The van der Waals surface area contributed by atoms with Gasteiger partial charge in [-0.2, -0.15) is 5.10 Å². The van der Waals surface area contributed by atoms with Crippen LogP contribution in [0.3, 0.4) is 0 Å². The minimum Gasteiger partial charge on any atom is -0.483 e. The number of hydrazone groups is 1. The van der Waals surface area contributed by atoms with Crippen molar-refractivity contribution in [1.29, 1.82) is 0 Å². The molecule has 5 nitrogen and oxygen atoms in total. The maximum absolute atomic E-state index is 12.2. The lowest BCUT2D eigenvalue weighted by atomic mass is 10.1. The number of aryl methyl sites for hydroxylation is 1. The lowest BCUT2D eigenvalue weighted by molar-refractivity contribution is -0.123. The Kier molecular flexibility index (Phi) is 6.57. The molecule has 0 fully saturated rings. The van der Waals surface area contributed by atoms with E-state index in [0.717, 1.165) is 34.3 Å². The molecule has 4 rings (SSSR count). The predicted molar refractivity (Wildman–Crippen MR) is 130 cm³/mol. The molecule has 4 aromatic rings. The number of halogens is 1. The Morgan fingerprint density at radius 1 is 1.06 bits per heavy atom. The largest absolute Gasteiger partial charge is 0.483 e. The fourth-order valence-electron chi connectivity index (χ4n) is 3.71. The van der Waals surface area contributed by atoms with Gasteiger partial charge in [-0.3, -0.25) is 4.79 Å². The van der Waals surface area contributed by atoms with Gasteiger partial charge >= 0.3 is 0 Å². The van der Waals surface area contributed by atoms with Gasteiger partial charge in [0, 0.05) is 33.7 Å². The summed E-state index contributed by atoms with van der Waals surface area (Å²) in [5.41, 5.74) is 7.84. The molecule has 1 amide bonds. The second kappa shape index (κ2) is 9.71. The van der Waals surface area contributed by atoms with Crippen molar-refractivity contribution in [3.05, 3.63) is 100 Å². The average molecular weight is 446 g/mol. The lowest BCUT2D eigenvalue weighted by Gasteiger charge is -2.09. The van der Waals surface area contributed by atoms with Crippen LogP contribution in [0.15, 0.2) is 77.9 Å². The van der Waals surface area contributed by atoms with Crippen molar-refractivity contribution in [3.8, 4) is 5.75 Å². The van der Waals surface area contributed by atoms with Crippen LogP contribution in [0.25, 0.3) is 10.9 Å². The van der Waals surface area contributed by atoms with Crippen LogP contribution in [0.4, 0.5) is 0 Å². The number of nitrogens with one attached hydrogen (secondary N) is 1. The number of benzene rings is 3. The highest BCUT2D eigenvalue weighted by Gasteiger charge is 2.13. The van der Waals surface area contributed by atoms with E-state index in [9.17, 15) is 4.79 Å². The highest BCUT2D eigenvalue weighted by atomic mass is 35.5. The Bertz CT molecular complexity index is 1280. The minimum atomic E-state index is -0.332. The van der Waals surface area contributed by atoms with Crippen molar-refractivity contribution < 1.29 is 9.53 Å². The maximum atomic E-state index is 12.2. The Labute approximate surface area is 192 Å². The van der Waals surface area contributed by atoms with Crippen LogP contribution in [0.2, 0.25) is 5.02 Å². The van der Waals surface area contributed by atoms with Crippen molar-refractivity contribution in [2.24, 2.45) is 5.10 Å². The third-order valence-electron chi connectivity index (χ3n) is 5.34. The molecule has 0 saturated heterocycles. The zero-order valence-corrected chi connectivity index (χ0v) is 18.8. The van der Waals surface area contributed by atoms with Gasteiger partial charge in [-0.05, 0) is 49.2 Å². The molecule has 0 unspecified atom stereocenters. The number of hydrogen-bond acceptors (Lipinski definition) is 3. The molecule has 0 atom stereocenters. The Morgan fingerprint density at radius 3 is 2.59 bits per heavy atom. The number of ether oxygens (including phenoxy) is 1. The molecule has 32 heavy (non-hydrogen) atoms. The molecule has 1 heterocycles. The molecule has 1 N–H and O–H groups in total. The average Bonchev–Trinajstić information content (AvgIpc) is 3.05. The summed E-state index contributed by atoms with van der Waals surface area (Å²) in [5, 5.41) is 5.90. The molecule has 0 aliphatic carbocycles. The second-order valence-electron chi connectivity index (χ2n) is 7.58. The van der Waals surface area contributed by atoms with E-state index in [4.69, 9.17) is 16.3 Å². The number of amides is 1. The topological polar surface area (TPSA) is 55.6 Å². The third kappa shape index (κ3) is 4.84. The summed E-state index contributed by atoms with van der Waals surface area (Å²) < 4.78 is 7.84. The molecule has 0 aliphatic heterocycles. The number of fused-ring (bicyclic) bond motifs is 1. The summed E-state index contributed by atoms with van der Waals surface area (Å²) in [7, 11) is 0. The number of nitrogens with zero attached hydrogens (tertiary/aromatic N) is 2. The number of carbonyl (C=O) groups excluding carboxylic acids is 1. The van der Waals surface area contributed by atoms with Gasteiger partial charge in [-0.1, -0.05) is 60.1 Å². The number of hydrogen-bond donors (Lipinski definition) is 1. The van der Waals surface area contributed by atoms with Gasteiger partial charge in [0.25, 0.3) is 5.91 Å². The van der Waals surface area contributed by atoms with E-state index in [2.05, 4.69) is 46.3 Å². The van der Waals surface area contributed by atoms with Crippen LogP contribution in [0.1, 0.15) is 22.4 Å². The quantitative estimate of drug-likeness (QED) is 0.302. The van der Waals surface area contributed by atoms with E-state index in [1.54, 1.807) is 24.4 Å². The molecule has 0 bridgehead atoms. The minimum absolute atomic E-state index is 0.130. The SMILES string of the molecule is Cc1cc(Cl)ccc1OCC(=O)NN=Cc1c(C)n(Cc2ccccc2)c2ccccc12. The Morgan fingerprint density at radius 2 is 1.81 bits per heavy atom. The second-order valence-corrected chi connectivity index (χ2v) is 8.02. The summed E-state index contributed by atoms with van der Waals surface area (Å²) in [5.74, 6) is 0.287. The van der Waals surface area contributed by atoms with Crippen LogP contribution < -0.4 is 10.2 Å². The fraction of sp³-hybridized carbons (Fsp3) is 0.154.